The van der Waals surface area contributed by atoms with E-state index in [9.17, 15) is 28.7 Å². The van der Waals surface area contributed by atoms with Crippen LogP contribution in [0.2, 0.25) is 15.1 Å². The summed E-state index contributed by atoms with van der Waals surface area (Å²) in [5.74, 6) is -5.48. The molecular formula is C52H50Cl3FO7. The fourth-order valence-electron chi connectivity index (χ4n) is 7.84. The van der Waals surface area contributed by atoms with E-state index in [1.165, 1.54) is 119 Å². The number of rotatable bonds is 18. The number of carbonyl (C=O) groups excluding carboxylic acids is 1. The Balaban J connectivity index is 0.000000198. The third-order valence-electron chi connectivity index (χ3n) is 11.1. The normalized spacial score (nSPS) is 11.4. The first-order chi connectivity index (χ1) is 30.3. The molecule has 0 bridgehead atoms. The molecule has 3 N–H and O–H groups in total. The van der Waals surface area contributed by atoms with Gasteiger partial charge in [-0.2, -0.15) is 0 Å². The standard InChI is InChI=1S/C28H32O2.C16H11Cl2FO3.C8H7ClO2/c29-26(30)14-9-7-5-3-1-2-4-6-8-11-21-15-16-24-18-17-22-12-10-13-23-19-20-25(21)28(24)27(22)23;17-10-6-4-9(5-7-10)14(20)8-11(16(21)22)15-12(18)2-1-3-13(15)19;1-5-3-2-4-6(9)7(5)8(10)11/h10,12-13,15-20H,1-9,11,14H2,(H,29,30);1-7,11H,8H2,(H,21,22);2-4H,1H3,(H,10,11). The fourth-order valence-corrected chi connectivity index (χ4v) is 8.56. The fraction of sp³-hybridized carbons (Fsp3) is 0.269. The Morgan fingerprint density at radius 3 is 1.70 bits per heavy atom. The van der Waals surface area contributed by atoms with Crippen molar-refractivity contribution in [2.24, 2.45) is 0 Å². The van der Waals surface area contributed by atoms with Gasteiger partial charge in [0.05, 0.1) is 16.5 Å². The molecule has 0 aliphatic rings. The van der Waals surface area contributed by atoms with E-state index in [0.717, 1.165) is 25.3 Å². The van der Waals surface area contributed by atoms with Gasteiger partial charge in [-0.25, -0.2) is 9.18 Å². The third-order valence-corrected chi connectivity index (χ3v) is 12.0. The van der Waals surface area contributed by atoms with Gasteiger partial charge in [0, 0.05) is 34.0 Å². The maximum absolute atomic E-state index is 13.9. The Kier molecular flexibility index (Phi) is 18.3. The highest BCUT2D eigenvalue weighted by Crippen LogP contribution is 2.36. The molecule has 7 nitrogen and oxygen atoms in total. The van der Waals surface area contributed by atoms with Gasteiger partial charge >= 0.3 is 17.9 Å². The minimum atomic E-state index is -1.35. The average Bonchev–Trinajstić information content (AvgIpc) is 3.25. The molecular weight excluding hydrogens is 862 g/mol. The van der Waals surface area contributed by atoms with Gasteiger partial charge in [-0.15, -0.1) is 0 Å². The van der Waals surface area contributed by atoms with Crippen LogP contribution >= 0.6 is 34.8 Å². The van der Waals surface area contributed by atoms with Crippen LogP contribution in [0.15, 0.2) is 115 Å². The SMILES string of the molecule is Cc1cccc(Cl)c1C(=O)O.O=C(CC(C(=O)O)c1c(F)cccc1Cl)c1ccc(Cl)cc1.O=C(O)CCCCCCCCCCCc1ccc2ccc3cccc4ccc1c2c34. The van der Waals surface area contributed by atoms with Gasteiger partial charge in [-0.3, -0.25) is 14.4 Å². The zero-order valence-corrected chi connectivity index (χ0v) is 37.3. The number of carboxylic acid groups (broad SMARTS) is 3. The molecule has 0 aromatic heterocycles. The van der Waals surface area contributed by atoms with Gasteiger partial charge in [-0.1, -0.05) is 153 Å². The van der Waals surface area contributed by atoms with E-state index >= 15 is 0 Å². The summed E-state index contributed by atoms with van der Waals surface area (Å²) in [6, 6.07) is 35.3. The highest BCUT2D eigenvalue weighted by Gasteiger charge is 2.28. The molecule has 0 aliphatic carbocycles. The number of ketones is 1. The quantitative estimate of drug-likeness (QED) is 0.0444. The highest BCUT2D eigenvalue weighted by molar-refractivity contribution is 6.33. The lowest BCUT2D eigenvalue weighted by atomic mass is 9.90. The zero-order valence-electron chi connectivity index (χ0n) is 35.0. The molecule has 328 valence electrons. The number of aliphatic carboxylic acids is 2. The smallest absolute Gasteiger partial charge is 0.337 e. The van der Waals surface area contributed by atoms with Crippen molar-refractivity contribution in [1.29, 1.82) is 0 Å². The van der Waals surface area contributed by atoms with Crippen molar-refractivity contribution < 1.29 is 38.9 Å². The summed E-state index contributed by atoms with van der Waals surface area (Å²) in [5.41, 5.74) is 2.49. The van der Waals surface area contributed by atoms with E-state index in [1.807, 2.05) is 0 Å². The predicted molar refractivity (Wildman–Crippen MR) is 253 cm³/mol. The Morgan fingerprint density at radius 1 is 0.587 bits per heavy atom. The zero-order chi connectivity index (χ0) is 45.5. The van der Waals surface area contributed by atoms with Crippen molar-refractivity contribution >= 4 is 90.8 Å². The van der Waals surface area contributed by atoms with E-state index in [0.29, 0.717) is 22.6 Å². The first-order valence-electron chi connectivity index (χ1n) is 21.1. The molecule has 0 spiro atoms. The Labute approximate surface area is 381 Å². The molecule has 1 atom stereocenters. The van der Waals surface area contributed by atoms with Crippen LogP contribution in [0.3, 0.4) is 0 Å². The molecule has 0 heterocycles. The van der Waals surface area contributed by atoms with Crippen molar-refractivity contribution in [2.75, 3.05) is 0 Å². The molecule has 63 heavy (non-hydrogen) atoms. The van der Waals surface area contributed by atoms with E-state index in [4.69, 9.17) is 45.0 Å². The number of hydrogen-bond acceptors (Lipinski definition) is 4. The summed E-state index contributed by atoms with van der Waals surface area (Å²) in [5, 5.41) is 35.7. The largest absolute Gasteiger partial charge is 0.481 e. The number of aryl methyl sites for hydroxylation is 2. The predicted octanol–water partition coefficient (Wildman–Crippen LogP) is 15.0. The van der Waals surface area contributed by atoms with Crippen molar-refractivity contribution in [3.8, 4) is 0 Å². The molecule has 7 aromatic carbocycles. The van der Waals surface area contributed by atoms with Crippen LogP contribution in [0.5, 0.6) is 0 Å². The minimum absolute atomic E-state index is 0.0173. The van der Waals surface area contributed by atoms with Gasteiger partial charge in [0.25, 0.3) is 0 Å². The van der Waals surface area contributed by atoms with Crippen LogP contribution in [0.25, 0.3) is 32.3 Å². The summed E-state index contributed by atoms with van der Waals surface area (Å²) < 4.78 is 13.9. The van der Waals surface area contributed by atoms with Crippen LogP contribution < -0.4 is 0 Å². The number of benzene rings is 7. The molecule has 7 rings (SSSR count). The molecule has 1 unspecified atom stereocenters. The lowest BCUT2D eigenvalue weighted by molar-refractivity contribution is -0.139. The number of Topliss-reactive ketones (excluding diaryl/α,β-unsaturated/α-hetero) is 1. The molecule has 0 fully saturated rings. The molecule has 0 saturated carbocycles. The number of carboxylic acids is 3. The molecule has 7 aromatic rings. The lowest BCUT2D eigenvalue weighted by Gasteiger charge is -2.14. The van der Waals surface area contributed by atoms with Gasteiger partial charge in [-0.05, 0) is 112 Å². The monoisotopic (exact) mass is 910 g/mol. The maximum Gasteiger partial charge on any atom is 0.337 e. The molecule has 11 heteroatoms. The van der Waals surface area contributed by atoms with Crippen LogP contribution in [0.4, 0.5) is 4.39 Å². The first kappa shape index (κ1) is 48.5. The van der Waals surface area contributed by atoms with Gasteiger partial charge in [0.1, 0.15) is 5.82 Å². The topological polar surface area (TPSA) is 129 Å². The second-order valence-electron chi connectivity index (χ2n) is 15.6. The van der Waals surface area contributed by atoms with Crippen LogP contribution in [-0.2, 0) is 16.0 Å². The molecule has 0 saturated heterocycles. The maximum atomic E-state index is 13.9. The van der Waals surface area contributed by atoms with E-state index < -0.39 is 41.8 Å². The van der Waals surface area contributed by atoms with Crippen molar-refractivity contribution in [2.45, 2.75) is 89.9 Å². The highest BCUT2D eigenvalue weighted by atomic mass is 35.5. The molecule has 0 radical (unpaired) electrons. The number of hydrogen-bond donors (Lipinski definition) is 3. The van der Waals surface area contributed by atoms with E-state index in [1.54, 1.807) is 25.1 Å². The summed E-state index contributed by atoms with van der Waals surface area (Å²) in [6.07, 6.45) is 11.8. The van der Waals surface area contributed by atoms with Crippen LogP contribution in [-0.4, -0.2) is 39.0 Å². The summed E-state index contributed by atoms with van der Waals surface area (Å²) in [6.45, 7) is 1.72. The van der Waals surface area contributed by atoms with E-state index in [2.05, 4.69) is 54.6 Å². The second-order valence-corrected chi connectivity index (χ2v) is 16.8. The van der Waals surface area contributed by atoms with Crippen molar-refractivity contribution in [3.05, 3.63) is 164 Å². The molecule has 0 aliphatic heterocycles. The third kappa shape index (κ3) is 13.5. The molecule has 0 amide bonds. The average molecular weight is 912 g/mol. The first-order valence-corrected chi connectivity index (χ1v) is 22.2. The van der Waals surface area contributed by atoms with Gasteiger partial charge < -0.3 is 15.3 Å². The number of unbranched alkanes of at least 4 members (excludes halogenated alkanes) is 8. The number of halogens is 4. The number of aromatic carboxylic acids is 1. The van der Waals surface area contributed by atoms with Crippen LogP contribution in [0, 0.1) is 12.7 Å². The summed E-state index contributed by atoms with van der Waals surface area (Å²) in [7, 11) is 0. The van der Waals surface area contributed by atoms with Crippen LogP contribution in [0.1, 0.15) is 114 Å². The Morgan fingerprint density at radius 2 is 1.13 bits per heavy atom. The minimum Gasteiger partial charge on any atom is -0.481 e. The summed E-state index contributed by atoms with van der Waals surface area (Å²) >= 11 is 17.3. The second kappa shape index (κ2) is 23.8. The van der Waals surface area contributed by atoms with Gasteiger partial charge in [0.2, 0.25) is 0 Å². The van der Waals surface area contributed by atoms with Crippen molar-refractivity contribution in [1.82, 2.24) is 0 Å². The Bertz CT molecular complexity index is 2610. The summed E-state index contributed by atoms with van der Waals surface area (Å²) in [4.78, 5) is 44.7. The lowest BCUT2D eigenvalue weighted by Crippen LogP contribution is -2.18. The number of carbonyl (C=O) groups is 4. The van der Waals surface area contributed by atoms with Crippen molar-refractivity contribution in [3.63, 3.8) is 0 Å². The van der Waals surface area contributed by atoms with E-state index in [-0.39, 0.29) is 21.2 Å². The Hall–Kier alpha value is -5.54. The van der Waals surface area contributed by atoms with Gasteiger partial charge in [0.15, 0.2) is 5.78 Å².